The maximum atomic E-state index is 7.37. The first kappa shape index (κ1) is 0.680. The van der Waals surface area contributed by atoms with Gasteiger partial charge in [-0.2, -0.15) is 11.8 Å². The zero-order chi connectivity index (χ0) is 13.2. The minimum absolute atomic E-state index is 0.161. The molecule has 0 nitrogen and oxygen atoms in total. The van der Waals surface area contributed by atoms with Crippen molar-refractivity contribution in [2.75, 3.05) is 11.4 Å². The van der Waals surface area contributed by atoms with Crippen LogP contribution in [0, 0.1) is 0 Å². The van der Waals surface area contributed by atoms with E-state index in [9.17, 15) is 0 Å². The lowest BCUT2D eigenvalue weighted by Crippen LogP contribution is -1.91. The van der Waals surface area contributed by atoms with Crippen molar-refractivity contribution in [2.45, 2.75) is 19.1 Å². The van der Waals surface area contributed by atoms with Gasteiger partial charge in [0.1, 0.15) is 0 Å². The fourth-order valence-electron chi connectivity index (χ4n) is 0.159. The zero-order valence-electron chi connectivity index (χ0n) is 12.9. The Labute approximate surface area is 57.4 Å². The van der Waals surface area contributed by atoms with Crippen molar-refractivity contribution in [3.05, 3.63) is 0 Å². The Bertz CT molecular complexity index is 278. The van der Waals surface area contributed by atoms with Gasteiger partial charge in [0.2, 0.25) is 0 Å². The monoisotopic (exact) mass is 112 g/mol. The van der Waals surface area contributed by atoms with Gasteiger partial charge in [-0.3, -0.25) is 0 Å². The van der Waals surface area contributed by atoms with Crippen LogP contribution in [0.15, 0.2) is 0 Å². The average molecular weight is 112 g/mol. The molecule has 0 N–H and O–H groups in total. The summed E-state index contributed by atoms with van der Waals surface area (Å²) in [6, 6.07) is 0. The van der Waals surface area contributed by atoms with Crippen LogP contribution < -0.4 is 0 Å². The highest BCUT2D eigenvalue weighted by atomic mass is 32.2. The average Bonchev–Trinajstić information content (AvgIpc) is 1.98. The van der Waals surface area contributed by atoms with Gasteiger partial charge >= 0.3 is 0 Å². The summed E-state index contributed by atoms with van der Waals surface area (Å²) in [5.41, 5.74) is -5.68. The third-order valence-electron chi connectivity index (χ3n) is 0.329. The smallest absolute Gasteiger partial charge is 0.0380 e. The molecule has 1 aliphatic rings. The maximum absolute atomic E-state index is 7.37. The minimum Gasteiger partial charge on any atom is -0.162 e. The summed E-state index contributed by atoms with van der Waals surface area (Å²) < 4.78 is 73.4. The zero-order valence-corrected chi connectivity index (χ0v) is 3.72. The molecule has 6 heavy (non-hydrogen) atoms. The minimum atomic E-state index is -3.27. The van der Waals surface area contributed by atoms with Crippen molar-refractivity contribution in [3.8, 4) is 0 Å². The number of hydrogen-bond acceptors (Lipinski definition) is 1. The lowest BCUT2D eigenvalue weighted by molar-refractivity contribution is 0.764. The SMILES string of the molecule is [2H]C1([2H])SC([2H])([2H])C([2H])([2H])C([2H])([2H])C1([2H])[2H]. The predicted molar refractivity (Wildman–Crippen MR) is 31.2 cm³/mol. The number of thioether (sulfide) groups is 1. The first-order valence-corrected chi connectivity index (χ1v) is 2.22. The molecule has 1 rings (SSSR count). The molecule has 0 aromatic heterocycles. The fraction of sp³-hybridized carbons (Fsp3) is 1.00. The van der Waals surface area contributed by atoms with E-state index in [-0.39, 0.29) is 11.8 Å². The Morgan fingerprint density at radius 1 is 1.17 bits per heavy atom. The van der Waals surface area contributed by atoms with Crippen LogP contribution in [-0.4, -0.2) is 11.4 Å². The fourth-order valence-corrected chi connectivity index (χ4v) is 0.414. The molecular weight excluding hydrogens is 92.1 g/mol. The third-order valence-corrected chi connectivity index (χ3v) is 0.737. The highest BCUT2D eigenvalue weighted by Gasteiger charge is 1.95. The van der Waals surface area contributed by atoms with E-state index in [0.717, 1.165) is 0 Å². The van der Waals surface area contributed by atoms with Gasteiger partial charge in [-0.05, 0) is 24.2 Å². The topological polar surface area (TPSA) is 0 Å². The summed E-state index contributed by atoms with van der Waals surface area (Å²) >= 11 is -0.161. The Hall–Kier alpha value is 0.350. The molecule has 0 aromatic carbocycles. The molecule has 0 amide bonds. The number of hydrogen-bond donors (Lipinski definition) is 0. The van der Waals surface area contributed by atoms with Crippen molar-refractivity contribution in [1.29, 1.82) is 0 Å². The standard InChI is InChI=1S/C5H10S/c1-2-4-6-5-3-1/h1-5H2/i1D2,2D2,3D2,4D2,5D2. The van der Waals surface area contributed by atoms with Gasteiger partial charge in [-0.15, -0.1) is 0 Å². The molecule has 0 bridgehead atoms. The summed E-state index contributed by atoms with van der Waals surface area (Å²) in [5, 5.41) is 0. The van der Waals surface area contributed by atoms with Crippen molar-refractivity contribution >= 4 is 11.8 Å². The van der Waals surface area contributed by atoms with E-state index in [0.29, 0.717) is 0 Å². The van der Waals surface area contributed by atoms with Crippen molar-refractivity contribution in [3.63, 3.8) is 0 Å². The molecule has 0 saturated carbocycles. The van der Waals surface area contributed by atoms with Gasteiger partial charge in [0.05, 0.1) is 0 Å². The Morgan fingerprint density at radius 2 is 1.83 bits per heavy atom. The summed E-state index contributed by atoms with van der Waals surface area (Å²) in [6.07, 6.45) is -9.52. The van der Waals surface area contributed by atoms with Crippen molar-refractivity contribution in [1.82, 2.24) is 0 Å². The summed E-state index contributed by atoms with van der Waals surface area (Å²) in [6.45, 7) is 0. The lowest BCUT2D eigenvalue weighted by atomic mass is 10.3. The van der Waals surface area contributed by atoms with E-state index in [4.69, 9.17) is 13.7 Å². The van der Waals surface area contributed by atoms with Gasteiger partial charge in [0.25, 0.3) is 0 Å². The quantitative estimate of drug-likeness (QED) is 0.461. The van der Waals surface area contributed by atoms with Crippen LogP contribution in [0.5, 0.6) is 0 Å². The molecule has 0 unspecified atom stereocenters. The Morgan fingerprint density at radius 3 is 2.50 bits per heavy atom. The van der Waals surface area contributed by atoms with E-state index in [2.05, 4.69) is 0 Å². The van der Waals surface area contributed by atoms with Crippen LogP contribution in [-0.2, 0) is 0 Å². The van der Waals surface area contributed by atoms with E-state index in [1.54, 1.807) is 0 Å². The third kappa shape index (κ3) is 1.21. The van der Waals surface area contributed by atoms with Crippen LogP contribution in [0.4, 0.5) is 0 Å². The molecule has 0 radical (unpaired) electrons. The lowest BCUT2D eigenvalue weighted by Gasteiger charge is -2.05. The van der Waals surface area contributed by atoms with Crippen LogP contribution in [0.3, 0.4) is 0 Å². The first-order valence-electron chi connectivity index (χ1n) is 6.41. The molecule has 0 aromatic rings. The molecule has 1 heterocycles. The van der Waals surface area contributed by atoms with Crippen LogP contribution >= 0.6 is 11.8 Å². The Kier molecular flexibility index (Phi) is 0.284. The van der Waals surface area contributed by atoms with Crippen LogP contribution in [0.2, 0.25) is 0 Å². The van der Waals surface area contributed by atoms with Crippen molar-refractivity contribution in [2.24, 2.45) is 0 Å². The van der Waals surface area contributed by atoms with Crippen molar-refractivity contribution < 1.29 is 13.7 Å². The molecule has 0 atom stereocenters. The van der Waals surface area contributed by atoms with Gasteiger partial charge in [-0.1, -0.05) is 6.37 Å². The number of rotatable bonds is 0. The molecule has 1 heteroatoms. The molecule has 1 fully saturated rings. The molecule has 36 valence electrons. The Balaban J connectivity index is 3.43. The summed E-state index contributed by atoms with van der Waals surface area (Å²) in [4.78, 5) is 0. The molecule has 0 aliphatic carbocycles. The second-order valence-electron chi connectivity index (χ2n) is 0.681. The predicted octanol–water partition coefficient (Wildman–Crippen LogP) is 1.90. The van der Waals surface area contributed by atoms with E-state index in [1.165, 1.54) is 0 Å². The normalized spacial score (nSPS) is 90.7. The van der Waals surface area contributed by atoms with E-state index >= 15 is 0 Å². The first-order chi connectivity index (χ1) is 6.71. The maximum Gasteiger partial charge on any atom is 0.0380 e. The highest BCUT2D eigenvalue weighted by Crippen LogP contribution is 2.14. The molecule has 1 saturated heterocycles. The molecule has 1 aliphatic heterocycles. The van der Waals surface area contributed by atoms with Gasteiger partial charge < -0.3 is 0 Å². The largest absolute Gasteiger partial charge is 0.162 e. The highest BCUT2D eigenvalue weighted by molar-refractivity contribution is 7.99. The van der Waals surface area contributed by atoms with E-state index < -0.39 is 30.5 Å². The second-order valence-corrected chi connectivity index (χ2v) is 1.29. The summed E-state index contributed by atoms with van der Waals surface area (Å²) in [5.74, 6) is 0. The van der Waals surface area contributed by atoms with Crippen LogP contribution in [0.25, 0.3) is 0 Å². The van der Waals surface area contributed by atoms with Gasteiger partial charge in [0, 0.05) is 13.7 Å². The van der Waals surface area contributed by atoms with Gasteiger partial charge in [-0.25, -0.2) is 0 Å². The van der Waals surface area contributed by atoms with Crippen LogP contribution in [0.1, 0.15) is 32.8 Å². The summed E-state index contributed by atoms with van der Waals surface area (Å²) in [7, 11) is 0. The molecule has 0 spiro atoms. The van der Waals surface area contributed by atoms with E-state index in [1.807, 2.05) is 0 Å². The van der Waals surface area contributed by atoms with Gasteiger partial charge in [0.15, 0.2) is 0 Å². The second kappa shape index (κ2) is 2.51. The molecular formula is C5H10S.